The molecule has 4 heterocycles. The number of aryl methyl sites for hydroxylation is 1. The fourth-order valence-electron chi connectivity index (χ4n) is 5.24. The third-order valence-corrected chi connectivity index (χ3v) is 8.29. The van der Waals surface area contributed by atoms with Crippen LogP contribution >= 0.6 is 11.3 Å². The summed E-state index contributed by atoms with van der Waals surface area (Å²) in [4.78, 5) is 48.4. The molecule has 2 aromatic heterocycles. The maximum Gasteiger partial charge on any atom is 0.257 e. The Labute approximate surface area is 198 Å². The van der Waals surface area contributed by atoms with E-state index in [0.717, 1.165) is 57.2 Å². The number of carbonyl (C=O) groups excluding carboxylic acids is 3. The predicted molar refractivity (Wildman–Crippen MR) is 128 cm³/mol. The predicted octanol–water partition coefficient (Wildman–Crippen LogP) is 3.75. The lowest BCUT2D eigenvalue weighted by molar-refractivity contribution is -0.135. The van der Waals surface area contributed by atoms with Crippen LogP contribution < -0.4 is 5.32 Å². The minimum absolute atomic E-state index is 0.0111. The molecule has 0 aromatic carbocycles. The van der Waals surface area contributed by atoms with E-state index in [4.69, 9.17) is 0 Å². The van der Waals surface area contributed by atoms with E-state index in [9.17, 15) is 14.4 Å². The van der Waals surface area contributed by atoms with Gasteiger partial charge in [0, 0.05) is 49.4 Å². The zero-order valence-corrected chi connectivity index (χ0v) is 19.7. The Morgan fingerprint density at radius 1 is 0.970 bits per heavy atom. The molecule has 5 rings (SSSR count). The molecule has 174 valence electrons. The Morgan fingerprint density at radius 3 is 2.45 bits per heavy atom. The van der Waals surface area contributed by atoms with Crippen LogP contribution in [0, 0.1) is 5.92 Å². The average molecular weight is 467 g/mol. The third-order valence-electron chi connectivity index (χ3n) is 7.09. The molecule has 0 atom stereocenters. The van der Waals surface area contributed by atoms with Gasteiger partial charge in [0.25, 0.3) is 11.8 Å². The summed E-state index contributed by atoms with van der Waals surface area (Å²) in [5.41, 5.74) is 2.24. The number of likely N-dealkylation sites (tertiary alicyclic amines) is 2. The van der Waals surface area contributed by atoms with Crippen molar-refractivity contribution >= 4 is 34.1 Å². The molecule has 2 aliphatic heterocycles. The van der Waals surface area contributed by atoms with Gasteiger partial charge in [0.1, 0.15) is 5.00 Å². The van der Waals surface area contributed by atoms with E-state index in [0.29, 0.717) is 42.1 Å². The van der Waals surface area contributed by atoms with Gasteiger partial charge in [0.15, 0.2) is 0 Å². The summed E-state index contributed by atoms with van der Waals surface area (Å²) < 4.78 is 0. The van der Waals surface area contributed by atoms with Gasteiger partial charge < -0.3 is 15.1 Å². The van der Waals surface area contributed by atoms with E-state index in [-0.39, 0.29) is 23.6 Å². The lowest BCUT2D eigenvalue weighted by Crippen LogP contribution is -2.44. The summed E-state index contributed by atoms with van der Waals surface area (Å²) >= 11 is 1.54. The molecule has 0 radical (unpaired) electrons. The summed E-state index contributed by atoms with van der Waals surface area (Å²) in [6, 6.07) is 3.45. The van der Waals surface area contributed by atoms with Crippen molar-refractivity contribution < 1.29 is 14.4 Å². The molecule has 3 amide bonds. The van der Waals surface area contributed by atoms with Gasteiger partial charge in [0.05, 0.1) is 11.1 Å². The summed E-state index contributed by atoms with van der Waals surface area (Å²) in [5, 5.41) is 3.65. The summed E-state index contributed by atoms with van der Waals surface area (Å²) in [5.74, 6) is 0.0267. The number of hydrogen-bond donors (Lipinski definition) is 1. The molecule has 2 fully saturated rings. The Kier molecular flexibility index (Phi) is 6.44. The van der Waals surface area contributed by atoms with Crippen LogP contribution in [0.25, 0.3) is 0 Å². The molecule has 0 bridgehead atoms. The van der Waals surface area contributed by atoms with Gasteiger partial charge in [-0.2, -0.15) is 0 Å². The zero-order chi connectivity index (χ0) is 22.8. The molecule has 0 spiro atoms. The fraction of sp³-hybridized carbons (Fsp3) is 0.520. The van der Waals surface area contributed by atoms with Crippen LogP contribution in [0.3, 0.4) is 0 Å². The number of pyridine rings is 1. The molecular weight excluding hydrogens is 436 g/mol. The topological polar surface area (TPSA) is 82.6 Å². The molecular formula is C25H30N4O3S. The Bertz CT molecular complexity index is 1040. The standard InChI is InChI=1S/C25H30N4O3S/c30-22(18-6-5-11-26-16-18)27-23-21(19-7-1-2-8-20(19)33-23)25(32)29-14-9-17(10-15-29)24(31)28-12-3-4-13-28/h5-6,11,16-17H,1-4,7-10,12-15H2,(H,27,30). The van der Waals surface area contributed by atoms with Gasteiger partial charge in [-0.1, -0.05) is 0 Å². The molecule has 33 heavy (non-hydrogen) atoms. The number of hydrogen-bond acceptors (Lipinski definition) is 5. The number of piperidine rings is 1. The van der Waals surface area contributed by atoms with E-state index in [1.165, 1.54) is 22.4 Å². The first-order valence-corrected chi connectivity index (χ1v) is 12.9. The SMILES string of the molecule is O=C(Nc1sc2c(c1C(=O)N1CCC(C(=O)N3CCCC3)CC1)CCCC2)c1cccnc1. The van der Waals surface area contributed by atoms with E-state index in [2.05, 4.69) is 10.3 Å². The molecule has 8 heteroatoms. The summed E-state index contributed by atoms with van der Waals surface area (Å²) in [6.45, 7) is 2.92. The van der Waals surface area contributed by atoms with E-state index in [1.54, 1.807) is 18.3 Å². The number of nitrogens with one attached hydrogen (secondary N) is 1. The zero-order valence-electron chi connectivity index (χ0n) is 18.8. The lowest BCUT2D eigenvalue weighted by Gasteiger charge is -2.33. The minimum Gasteiger partial charge on any atom is -0.342 e. The first-order valence-electron chi connectivity index (χ1n) is 12.1. The van der Waals surface area contributed by atoms with Gasteiger partial charge in [-0.25, -0.2) is 0 Å². The Morgan fingerprint density at radius 2 is 1.73 bits per heavy atom. The smallest absolute Gasteiger partial charge is 0.257 e. The van der Waals surface area contributed by atoms with Gasteiger partial charge in [-0.3, -0.25) is 19.4 Å². The Balaban J connectivity index is 1.33. The molecule has 2 aromatic rings. The van der Waals surface area contributed by atoms with Crippen molar-refractivity contribution in [3.05, 3.63) is 46.1 Å². The van der Waals surface area contributed by atoms with E-state index >= 15 is 0 Å². The highest BCUT2D eigenvalue weighted by atomic mass is 32.1. The van der Waals surface area contributed by atoms with Crippen molar-refractivity contribution in [2.75, 3.05) is 31.5 Å². The maximum atomic E-state index is 13.7. The number of carbonyl (C=O) groups is 3. The van der Waals surface area contributed by atoms with Gasteiger partial charge in [0.2, 0.25) is 5.91 Å². The van der Waals surface area contributed by atoms with Crippen LogP contribution in [0.2, 0.25) is 0 Å². The molecule has 7 nitrogen and oxygen atoms in total. The molecule has 2 saturated heterocycles. The van der Waals surface area contributed by atoms with Crippen molar-refractivity contribution in [2.24, 2.45) is 5.92 Å². The van der Waals surface area contributed by atoms with Crippen molar-refractivity contribution in [1.82, 2.24) is 14.8 Å². The van der Waals surface area contributed by atoms with Gasteiger partial charge in [-0.15, -0.1) is 11.3 Å². The molecule has 1 N–H and O–H groups in total. The molecule has 1 aliphatic carbocycles. The quantitative estimate of drug-likeness (QED) is 0.744. The number of nitrogens with zero attached hydrogens (tertiary/aromatic N) is 3. The van der Waals surface area contributed by atoms with E-state index < -0.39 is 0 Å². The van der Waals surface area contributed by atoms with Crippen LogP contribution in [0.1, 0.15) is 69.7 Å². The highest BCUT2D eigenvalue weighted by Crippen LogP contribution is 2.39. The van der Waals surface area contributed by atoms with Crippen LogP contribution in [0.4, 0.5) is 5.00 Å². The minimum atomic E-state index is -0.245. The number of thiophene rings is 1. The number of amides is 3. The normalized spacial score (nSPS) is 18.8. The fourth-order valence-corrected chi connectivity index (χ4v) is 6.51. The van der Waals surface area contributed by atoms with E-state index in [1.807, 2.05) is 9.80 Å². The van der Waals surface area contributed by atoms with Crippen LogP contribution in [0.5, 0.6) is 0 Å². The van der Waals surface area contributed by atoms with Crippen molar-refractivity contribution in [1.29, 1.82) is 0 Å². The van der Waals surface area contributed by atoms with Crippen molar-refractivity contribution in [3.63, 3.8) is 0 Å². The highest BCUT2D eigenvalue weighted by Gasteiger charge is 2.34. The summed E-state index contributed by atoms with van der Waals surface area (Å²) in [6.07, 6.45) is 10.8. The van der Waals surface area contributed by atoms with Crippen molar-refractivity contribution in [3.8, 4) is 0 Å². The van der Waals surface area contributed by atoms with Crippen LogP contribution in [-0.4, -0.2) is 58.7 Å². The largest absolute Gasteiger partial charge is 0.342 e. The van der Waals surface area contributed by atoms with Gasteiger partial charge >= 0.3 is 0 Å². The Hall–Kier alpha value is -2.74. The van der Waals surface area contributed by atoms with Crippen molar-refractivity contribution in [2.45, 2.75) is 51.4 Å². The number of anilines is 1. The maximum absolute atomic E-state index is 13.7. The average Bonchev–Trinajstić information content (AvgIpc) is 3.52. The molecule has 3 aliphatic rings. The molecule has 0 saturated carbocycles. The second-order valence-electron chi connectivity index (χ2n) is 9.21. The first kappa shape index (κ1) is 22.1. The highest BCUT2D eigenvalue weighted by molar-refractivity contribution is 7.17. The van der Waals surface area contributed by atoms with Crippen LogP contribution in [0.15, 0.2) is 24.5 Å². The molecule has 0 unspecified atom stereocenters. The lowest BCUT2D eigenvalue weighted by atomic mass is 9.92. The number of fused-ring (bicyclic) bond motifs is 1. The number of aromatic nitrogens is 1. The second kappa shape index (κ2) is 9.63. The van der Waals surface area contributed by atoms with Crippen LogP contribution in [-0.2, 0) is 17.6 Å². The monoisotopic (exact) mass is 466 g/mol. The second-order valence-corrected chi connectivity index (χ2v) is 10.3. The number of rotatable bonds is 4. The van der Waals surface area contributed by atoms with Gasteiger partial charge in [-0.05, 0) is 69.1 Å². The third kappa shape index (κ3) is 4.53. The first-order chi connectivity index (χ1) is 16.1. The summed E-state index contributed by atoms with van der Waals surface area (Å²) in [7, 11) is 0.